The van der Waals surface area contributed by atoms with E-state index in [0.29, 0.717) is 22.6 Å². The number of aromatic nitrogens is 2. The van der Waals surface area contributed by atoms with Gasteiger partial charge in [0.1, 0.15) is 0 Å². The van der Waals surface area contributed by atoms with Gasteiger partial charge in [-0.15, -0.1) is 0 Å². The van der Waals surface area contributed by atoms with Crippen LogP contribution in [0.2, 0.25) is 0 Å². The summed E-state index contributed by atoms with van der Waals surface area (Å²) in [5.74, 6) is 0.0171. The van der Waals surface area contributed by atoms with Gasteiger partial charge in [-0.25, -0.2) is 4.98 Å². The van der Waals surface area contributed by atoms with Crippen molar-refractivity contribution in [2.24, 2.45) is 0 Å². The minimum Gasteiger partial charge on any atom is -0.312 e. The summed E-state index contributed by atoms with van der Waals surface area (Å²) in [4.78, 5) is 32.6. The van der Waals surface area contributed by atoms with Crippen molar-refractivity contribution >= 4 is 34.3 Å². The molecule has 0 bridgehead atoms. The first-order valence-corrected chi connectivity index (χ1v) is 10.5. The molecule has 0 radical (unpaired) electrons. The van der Waals surface area contributed by atoms with Crippen molar-refractivity contribution in [2.75, 3.05) is 11.4 Å². The predicted octanol–water partition coefficient (Wildman–Crippen LogP) is 4.27. The highest BCUT2D eigenvalue weighted by Crippen LogP contribution is 2.38. The van der Waals surface area contributed by atoms with Crippen LogP contribution in [-0.2, 0) is 4.79 Å². The van der Waals surface area contributed by atoms with Gasteiger partial charge < -0.3 is 4.90 Å². The zero-order valence-electron chi connectivity index (χ0n) is 16.0. The molecule has 1 aliphatic carbocycles. The molecule has 1 fully saturated rings. The van der Waals surface area contributed by atoms with Crippen molar-refractivity contribution < 1.29 is 4.79 Å². The molecule has 0 aliphatic heterocycles. The molecule has 28 heavy (non-hydrogen) atoms. The Hall–Kier alpha value is -2.60. The van der Waals surface area contributed by atoms with Crippen LogP contribution in [0.5, 0.6) is 0 Å². The lowest BCUT2D eigenvalue weighted by Gasteiger charge is -2.24. The number of carbonyl (C=O) groups excluding carboxylic acids is 1. The third-order valence-corrected chi connectivity index (χ3v) is 6.02. The molecule has 1 aromatic heterocycles. The molecule has 0 saturated heterocycles. The summed E-state index contributed by atoms with van der Waals surface area (Å²) >= 11 is 1.37. The second-order valence-electron chi connectivity index (χ2n) is 7.00. The van der Waals surface area contributed by atoms with Crippen molar-refractivity contribution in [3.63, 3.8) is 0 Å². The Labute approximate surface area is 168 Å². The minimum atomic E-state index is -0.349. The summed E-state index contributed by atoms with van der Waals surface area (Å²) in [6, 6.07) is 17.3. The van der Waals surface area contributed by atoms with E-state index in [1.165, 1.54) is 11.8 Å². The number of rotatable bonds is 6. The summed E-state index contributed by atoms with van der Waals surface area (Å²) in [5, 5.41) is 0.923. The molecule has 0 unspecified atom stereocenters. The number of nitrogens with zero attached hydrogens (tertiary/aromatic N) is 3. The van der Waals surface area contributed by atoms with Gasteiger partial charge >= 0.3 is 0 Å². The molecular weight excluding hydrogens is 370 g/mol. The van der Waals surface area contributed by atoms with E-state index >= 15 is 0 Å². The molecule has 1 saturated carbocycles. The molecule has 0 N–H and O–H groups in total. The van der Waals surface area contributed by atoms with Crippen LogP contribution >= 0.6 is 11.8 Å². The number of fused-ring (bicyclic) bond motifs is 1. The van der Waals surface area contributed by atoms with Gasteiger partial charge in [-0.3, -0.25) is 14.2 Å². The Morgan fingerprint density at radius 1 is 1.18 bits per heavy atom. The lowest BCUT2D eigenvalue weighted by atomic mass is 10.2. The molecule has 3 aromatic rings. The molecule has 1 heterocycles. The van der Waals surface area contributed by atoms with E-state index in [9.17, 15) is 9.59 Å². The highest BCUT2D eigenvalue weighted by atomic mass is 32.2. The second-order valence-corrected chi connectivity index (χ2v) is 8.30. The molecule has 6 heteroatoms. The van der Waals surface area contributed by atoms with E-state index in [-0.39, 0.29) is 22.8 Å². The average molecular weight is 394 g/mol. The fourth-order valence-electron chi connectivity index (χ4n) is 3.36. The van der Waals surface area contributed by atoms with Crippen LogP contribution < -0.4 is 10.5 Å². The topological polar surface area (TPSA) is 55.2 Å². The van der Waals surface area contributed by atoms with Crippen LogP contribution in [0, 0.1) is 0 Å². The standard InChI is InChI=1S/C22H23N3O2S/c1-3-24(16-9-5-4-6-10-16)20(26)15(2)28-22-23-19-12-8-7-11-18(19)21(27)25(22)17-13-14-17/h4-12,15,17H,3,13-14H2,1-2H3/t15-/m0/s1. The van der Waals surface area contributed by atoms with E-state index < -0.39 is 0 Å². The summed E-state index contributed by atoms with van der Waals surface area (Å²) in [5.41, 5.74) is 1.56. The maximum absolute atomic E-state index is 13.1. The monoisotopic (exact) mass is 393 g/mol. The molecule has 1 aliphatic rings. The summed E-state index contributed by atoms with van der Waals surface area (Å²) in [6.45, 7) is 4.45. The molecule has 144 valence electrons. The minimum absolute atomic E-state index is 0.00865. The highest BCUT2D eigenvalue weighted by Gasteiger charge is 2.31. The van der Waals surface area contributed by atoms with Crippen LogP contribution in [0.25, 0.3) is 10.9 Å². The van der Waals surface area contributed by atoms with Crippen LogP contribution in [-0.4, -0.2) is 27.3 Å². The van der Waals surface area contributed by atoms with Gasteiger partial charge in [0.2, 0.25) is 5.91 Å². The Balaban J connectivity index is 1.66. The van der Waals surface area contributed by atoms with Crippen molar-refractivity contribution in [3.8, 4) is 0 Å². The summed E-state index contributed by atoms with van der Waals surface area (Å²) < 4.78 is 1.79. The molecule has 2 aromatic carbocycles. The van der Waals surface area contributed by atoms with E-state index in [0.717, 1.165) is 18.5 Å². The van der Waals surface area contributed by atoms with Crippen molar-refractivity contribution in [1.82, 2.24) is 9.55 Å². The van der Waals surface area contributed by atoms with Gasteiger partial charge in [0.15, 0.2) is 5.16 Å². The van der Waals surface area contributed by atoms with Gasteiger partial charge in [0.25, 0.3) is 5.56 Å². The number of benzene rings is 2. The van der Waals surface area contributed by atoms with Crippen LogP contribution in [0.1, 0.15) is 32.7 Å². The average Bonchev–Trinajstić information content (AvgIpc) is 3.54. The predicted molar refractivity (Wildman–Crippen MR) is 114 cm³/mol. The number of hydrogen-bond donors (Lipinski definition) is 0. The van der Waals surface area contributed by atoms with Gasteiger partial charge in [-0.1, -0.05) is 42.1 Å². The van der Waals surface area contributed by atoms with Gasteiger partial charge in [0, 0.05) is 18.3 Å². The Kier molecular flexibility index (Phi) is 5.22. The van der Waals surface area contributed by atoms with E-state index in [1.54, 1.807) is 9.47 Å². The lowest BCUT2D eigenvalue weighted by Crippen LogP contribution is -2.37. The first-order valence-electron chi connectivity index (χ1n) is 9.64. The first-order chi connectivity index (χ1) is 13.6. The maximum atomic E-state index is 13.1. The third kappa shape index (κ3) is 3.56. The molecule has 1 atom stereocenters. The normalized spacial score (nSPS) is 14.8. The van der Waals surface area contributed by atoms with Gasteiger partial charge in [-0.2, -0.15) is 0 Å². The lowest BCUT2D eigenvalue weighted by molar-refractivity contribution is -0.117. The smallest absolute Gasteiger partial charge is 0.262 e. The van der Waals surface area contributed by atoms with E-state index in [4.69, 9.17) is 4.98 Å². The summed E-state index contributed by atoms with van der Waals surface area (Å²) in [7, 11) is 0. The Bertz CT molecular complexity index is 1060. The van der Waals surface area contributed by atoms with E-state index in [1.807, 2.05) is 68.4 Å². The van der Waals surface area contributed by atoms with Crippen LogP contribution in [0.3, 0.4) is 0 Å². The zero-order valence-corrected chi connectivity index (χ0v) is 16.9. The zero-order chi connectivity index (χ0) is 19.7. The molecule has 4 rings (SSSR count). The number of para-hydroxylation sites is 2. The van der Waals surface area contributed by atoms with Crippen molar-refractivity contribution in [1.29, 1.82) is 0 Å². The van der Waals surface area contributed by atoms with Crippen LogP contribution in [0.15, 0.2) is 64.5 Å². The second kappa shape index (κ2) is 7.80. The SMILES string of the molecule is CCN(C(=O)[C@H](C)Sc1nc2ccccc2c(=O)n1C1CC1)c1ccccc1. The maximum Gasteiger partial charge on any atom is 0.262 e. The molecule has 0 spiro atoms. The van der Waals surface area contributed by atoms with Crippen molar-refractivity contribution in [3.05, 3.63) is 65.0 Å². The Morgan fingerprint density at radius 2 is 1.86 bits per heavy atom. The largest absolute Gasteiger partial charge is 0.312 e. The number of carbonyl (C=O) groups is 1. The number of anilines is 1. The van der Waals surface area contributed by atoms with Crippen LogP contribution in [0.4, 0.5) is 5.69 Å². The Morgan fingerprint density at radius 3 is 2.54 bits per heavy atom. The first kappa shape index (κ1) is 18.7. The number of thioether (sulfide) groups is 1. The number of amides is 1. The van der Waals surface area contributed by atoms with Crippen molar-refractivity contribution in [2.45, 2.75) is 43.1 Å². The highest BCUT2D eigenvalue weighted by molar-refractivity contribution is 8.00. The summed E-state index contributed by atoms with van der Waals surface area (Å²) in [6.07, 6.45) is 1.97. The van der Waals surface area contributed by atoms with Gasteiger partial charge in [0.05, 0.1) is 16.2 Å². The molecular formula is C22H23N3O2S. The quantitative estimate of drug-likeness (QED) is 0.464. The van der Waals surface area contributed by atoms with Gasteiger partial charge in [-0.05, 0) is 51.0 Å². The number of hydrogen-bond acceptors (Lipinski definition) is 4. The third-order valence-electron chi connectivity index (χ3n) is 4.97. The fraction of sp³-hybridized carbons (Fsp3) is 0.318. The van der Waals surface area contributed by atoms with E-state index in [2.05, 4.69) is 0 Å². The fourth-order valence-corrected chi connectivity index (χ4v) is 4.41. The molecule has 1 amide bonds. The molecule has 5 nitrogen and oxygen atoms in total.